The highest BCUT2D eigenvalue weighted by Gasteiger charge is 2.30. The van der Waals surface area contributed by atoms with Crippen molar-refractivity contribution in [1.29, 1.82) is 0 Å². The van der Waals surface area contributed by atoms with Crippen molar-refractivity contribution >= 4 is 38.7 Å². The molecule has 174 valence electrons. The number of nitrogens with zero attached hydrogens (tertiary/aromatic N) is 6. The van der Waals surface area contributed by atoms with Crippen molar-refractivity contribution in [3.05, 3.63) is 73.2 Å². The van der Waals surface area contributed by atoms with Crippen LogP contribution in [0.5, 0.6) is 0 Å². The van der Waals surface area contributed by atoms with E-state index in [0.29, 0.717) is 23.8 Å². The van der Waals surface area contributed by atoms with Gasteiger partial charge < -0.3 is 4.90 Å². The fraction of sp³-hybridized carbons (Fsp3) is 0.217. The summed E-state index contributed by atoms with van der Waals surface area (Å²) in [7, 11) is -3.55. The second-order valence-electron chi connectivity index (χ2n) is 7.69. The number of carbonyl (C=O) groups excluding carboxylic acids is 1. The van der Waals surface area contributed by atoms with Crippen molar-refractivity contribution in [3.63, 3.8) is 0 Å². The first-order valence-electron chi connectivity index (χ1n) is 10.7. The summed E-state index contributed by atoms with van der Waals surface area (Å²) in [6, 6.07) is 18.1. The van der Waals surface area contributed by atoms with E-state index in [1.807, 2.05) is 30.3 Å². The minimum absolute atomic E-state index is 0.0519. The topological polar surface area (TPSA) is 101 Å². The Morgan fingerprint density at radius 2 is 1.59 bits per heavy atom. The molecule has 2 aromatic heterocycles. The number of hydrogen-bond donors (Lipinski definition) is 0. The molecule has 0 atom stereocenters. The molecule has 0 unspecified atom stereocenters. The summed E-state index contributed by atoms with van der Waals surface area (Å²) < 4.78 is 28.8. The lowest BCUT2D eigenvalue weighted by Gasteiger charge is -2.34. The Morgan fingerprint density at radius 3 is 2.29 bits per heavy atom. The zero-order valence-corrected chi connectivity index (χ0v) is 19.8. The first-order valence-corrected chi connectivity index (χ1v) is 13.2. The van der Waals surface area contributed by atoms with Crippen LogP contribution >= 0.6 is 11.8 Å². The monoisotopic (exact) mass is 494 g/mol. The van der Waals surface area contributed by atoms with Gasteiger partial charge in [0.05, 0.1) is 27.9 Å². The van der Waals surface area contributed by atoms with Crippen molar-refractivity contribution in [2.45, 2.75) is 9.92 Å². The van der Waals surface area contributed by atoms with Gasteiger partial charge in [0, 0.05) is 26.2 Å². The summed E-state index contributed by atoms with van der Waals surface area (Å²) in [6.45, 7) is 1.26. The fourth-order valence-corrected chi connectivity index (χ4v) is 6.14. The van der Waals surface area contributed by atoms with E-state index in [1.54, 1.807) is 46.1 Å². The molecule has 0 bridgehead atoms. The Kier molecular flexibility index (Phi) is 6.31. The van der Waals surface area contributed by atoms with Gasteiger partial charge in [0.2, 0.25) is 15.9 Å². The van der Waals surface area contributed by atoms with Crippen LogP contribution < -0.4 is 0 Å². The molecule has 1 fully saturated rings. The van der Waals surface area contributed by atoms with Gasteiger partial charge in [-0.2, -0.15) is 9.40 Å². The molecule has 1 aliphatic rings. The van der Waals surface area contributed by atoms with E-state index >= 15 is 0 Å². The molecule has 1 amide bonds. The Morgan fingerprint density at radius 1 is 0.912 bits per heavy atom. The van der Waals surface area contributed by atoms with Crippen molar-refractivity contribution in [3.8, 4) is 5.69 Å². The predicted octanol–water partition coefficient (Wildman–Crippen LogP) is 2.44. The fourth-order valence-electron chi connectivity index (χ4n) is 3.84. The zero-order valence-electron chi connectivity index (χ0n) is 18.2. The van der Waals surface area contributed by atoms with Crippen molar-refractivity contribution in [1.82, 2.24) is 29.0 Å². The molecule has 11 heteroatoms. The summed E-state index contributed by atoms with van der Waals surface area (Å²) in [6.07, 6.45) is 3.19. The number of para-hydroxylation sites is 1. The number of benzene rings is 2. The van der Waals surface area contributed by atoms with Crippen molar-refractivity contribution in [2.75, 3.05) is 31.9 Å². The summed E-state index contributed by atoms with van der Waals surface area (Å²) in [5.41, 5.74) is 1.57. The van der Waals surface area contributed by atoms with Crippen molar-refractivity contribution < 1.29 is 13.2 Å². The third-order valence-electron chi connectivity index (χ3n) is 5.63. The predicted molar refractivity (Wildman–Crippen MR) is 129 cm³/mol. The van der Waals surface area contributed by atoms with Crippen LogP contribution in [0.1, 0.15) is 0 Å². The molecule has 3 heterocycles. The number of amides is 1. The van der Waals surface area contributed by atoms with Gasteiger partial charge >= 0.3 is 0 Å². The quantitative estimate of drug-likeness (QED) is 0.300. The van der Waals surface area contributed by atoms with Gasteiger partial charge in [-0.3, -0.25) is 4.79 Å². The number of aromatic nitrogens is 4. The summed E-state index contributed by atoms with van der Waals surface area (Å²) in [5, 5.41) is 5.91. The molecule has 0 aliphatic carbocycles. The highest BCUT2D eigenvalue weighted by Crippen LogP contribution is 2.26. The van der Waals surface area contributed by atoms with Gasteiger partial charge in [-0.25, -0.2) is 23.1 Å². The zero-order chi connectivity index (χ0) is 23.5. The van der Waals surface area contributed by atoms with Crippen LogP contribution in [0, 0.1) is 0 Å². The van der Waals surface area contributed by atoms with Crippen LogP contribution in [0.15, 0.2) is 83.1 Å². The third-order valence-corrected chi connectivity index (χ3v) is 8.54. The second kappa shape index (κ2) is 9.53. The normalized spacial score (nSPS) is 15.0. The van der Waals surface area contributed by atoms with Crippen LogP contribution in [0.3, 0.4) is 0 Å². The van der Waals surface area contributed by atoms with Crippen LogP contribution in [0.25, 0.3) is 16.7 Å². The SMILES string of the molecule is O=C(CSc1ncnc2c1cnn2-c1ccccc1)N1CCN(S(=O)(=O)c2ccccc2)CC1. The largest absolute Gasteiger partial charge is 0.339 e. The average Bonchev–Trinajstić information content (AvgIpc) is 3.33. The number of fused-ring (bicyclic) bond motifs is 1. The molecule has 0 spiro atoms. The van der Waals surface area contributed by atoms with Crippen LogP contribution in [-0.4, -0.2) is 75.2 Å². The highest BCUT2D eigenvalue weighted by molar-refractivity contribution is 8.00. The highest BCUT2D eigenvalue weighted by atomic mass is 32.2. The lowest BCUT2D eigenvalue weighted by atomic mass is 10.3. The molecular weight excluding hydrogens is 472 g/mol. The molecule has 0 radical (unpaired) electrons. The average molecular weight is 495 g/mol. The lowest BCUT2D eigenvalue weighted by Crippen LogP contribution is -2.50. The Hall–Kier alpha value is -3.28. The number of piperazine rings is 1. The molecule has 0 N–H and O–H groups in total. The maximum absolute atomic E-state index is 12.8. The summed E-state index contributed by atoms with van der Waals surface area (Å²) in [4.78, 5) is 23.5. The van der Waals surface area contributed by atoms with Crippen LogP contribution in [0.2, 0.25) is 0 Å². The molecule has 1 saturated heterocycles. The van der Waals surface area contributed by atoms with Gasteiger partial charge in [-0.15, -0.1) is 0 Å². The Balaban J connectivity index is 1.22. The first-order chi connectivity index (χ1) is 16.5. The molecule has 0 saturated carbocycles. The number of thioether (sulfide) groups is 1. The van der Waals surface area contributed by atoms with E-state index in [-0.39, 0.29) is 29.6 Å². The van der Waals surface area contributed by atoms with E-state index < -0.39 is 10.0 Å². The van der Waals surface area contributed by atoms with E-state index in [1.165, 1.54) is 22.4 Å². The van der Waals surface area contributed by atoms with E-state index in [4.69, 9.17) is 0 Å². The molecule has 34 heavy (non-hydrogen) atoms. The second-order valence-corrected chi connectivity index (χ2v) is 10.6. The molecule has 5 rings (SSSR count). The number of rotatable bonds is 6. The van der Waals surface area contributed by atoms with Crippen LogP contribution in [0.4, 0.5) is 0 Å². The maximum Gasteiger partial charge on any atom is 0.243 e. The van der Waals surface area contributed by atoms with Gasteiger partial charge in [0.25, 0.3) is 0 Å². The maximum atomic E-state index is 12.8. The summed E-state index contributed by atoms with van der Waals surface area (Å²) in [5.74, 6) is 0.151. The van der Waals surface area contributed by atoms with Gasteiger partial charge in [-0.05, 0) is 24.3 Å². The third kappa shape index (κ3) is 4.41. The van der Waals surface area contributed by atoms with E-state index in [0.717, 1.165) is 11.1 Å². The number of carbonyl (C=O) groups is 1. The van der Waals surface area contributed by atoms with Crippen molar-refractivity contribution in [2.24, 2.45) is 0 Å². The minimum atomic E-state index is -3.55. The van der Waals surface area contributed by atoms with Gasteiger partial charge in [0.15, 0.2) is 5.65 Å². The molecule has 2 aromatic carbocycles. The first kappa shape index (κ1) is 22.5. The molecule has 9 nitrogen and oxygen atoms in total. The van der Waals surface area contributed by atoms with Gasteiger partial charge in [0.1, 0.15) is 11.4 Å². The number of sulfonamides is 1. The summed E-state index contributed by atoms with van der Waals surface area (Å²) >= 11 is 1.34. The molecular formula is C23H22N6O3S2. The smallest absolute Gasteiger partial charge is 0.243 e. The molecule has 4 aromatic rings. The van der Waals surface area contributed by atoms with E-state index in [9.17, 15) is 13.2 Å². The molecule has 1 aliphatic heterocycles. The van der Waals surface area contributed by atoms with Gasteiger partial charge in [-0.1, -0.05) is 48.2 Å². The Labute approximate surface area is 201 Å². The Bertz CT molecular complexity index is 1400. The number of hydrogen-bond acceptors (Lipinski definition) is 7. The van der Waals surface area contributed by atoms with E-state index in [2.05, 4.69) is 15.1 Å². The van der Waals surface area contributed by atoms with Crippen LogP contribution in [-0.2, 0) is 14.8 Å². The lowest BCUT2D eigenvalue weighted by molar-refractivity contribution is -0.129. The standard InChI is InChI=1S/C23H22N6O3S2/c30-21(27-11-13-28(14-12-27)34(31,32)19-9-5-2-6-10-19)16-33-23-20-15-26-29(22(20)24-17-25-23)18-7-3-1-4-8-18/h1-10,15,17H,11-14,16H2. The minimum Gasteiger partial charge on any atom is -0.339 e.